The lowest BCUT2D eigenvalue weighted by Gasteiger charge is -2.25. The van der Waals surface area contributed by atoms with E-state index in [1.54, 1.807) is 0 Å². The predicted molar refractivity (Wildman–Crippen MR) is 71.8 cm³/mol. The maximum Gasteiger partial charge on any atom is 0.00826 e. The molecule has 0 aromatic carbocycles. The summed E-state index contributed by atoms with van der Waals surface area (Å²) >= 11 is 0. The molecule has 0 bridgehead atoms. The fraction of sp³-hybridized carbons (Fsp3) is 1.00. The Labute approximate surface area is 106 Å². The fourth-order valence-corrected chi connectivity index (χ4v) is 4.42. The van der Waals surface area contributed by atoms with Gasteiger partial charge in [0.25, 0.3) is 0 Å². The molecule has 2 saturated carbocycles. The van der Waals surface area contributed by atoms with Crippen molar-refractivity contribution < 1.29 is 0 Å². The molecule has 1 aliphatic heterocycles. The summed E-state index contributed by atoms with van der Waals surface area (Å²) < 4.78 is 0. The van der Waals surface area contributed by atoms with Gasteiger partial charge in [-0.2, -0.15) is 0 Å². The number of hydrogen-bond donors (Lipinski definition) is 1. The first-order valence-corrected chi connectivity index (χ1v) is 7.81. The molecule has 2 nitrogen and oxygen atoms in total. The van der Waals surface area contributed by atoms with Gasteiger partial charge in [0.05, 0.1) is 0 Å². The Morgan fingerprint density at radius 3 is 2.53 bits per heavy atom. The van der Waals surface area contributed by atoms with Gasteiger partial charge in [-0.3, -0.25) is 0 Å². The van der Waals surface area contributed by atoms with Crippen LogP contribution >= 0.6 is 0 Å². The normalized spacial score (nSPS) is 39.7. The summed E-state index contributed by atoms with van der Waals surface area (Å²) in [5.74, 6) is 2.82. The first-order valence-electron chi connectivity index (χ1n) is 7.81. The summed E-state index contributed by atoms with van der Waals surface area (Å²) in [5, 5.41) is 0. The van der Waals surface area contributed by atoms with Crippen LogP contribution in [0.1, 0.15) is 51.4 Å². The number of fused-ring (bicyclic) bond motifs is 1. The molecule has 0 amide bonds. The van der Waals surface area contributed by atoms with E-state index >= 15 is 0 Å². The maximum absolute atomic E-state index is 6.19. The van der Waals surface area contributed by atoms with Crippen molar-refractivity contribution in [1.29, 1.82) is 0 Å². The van der Waals surface area contributed by atoms with Gasteiger partial charge in [0, 0.05) is 19.1 Å². The van der Waals surface area contributed by atoms with Crippen LogP contribution in [0.5, 0.6) is 0 Å². The summed E-state index contributed by atoms with van der Waals surface area (Å²) in [6.07, 6.45) is 11.6. The largest absolute Gasteiger partial charge is 0.327 e. The lowest BCUT2D eigenvalue weighted by atomic mass is 9.87. The van der Waals surface area contributed by atoms with E-state index < -0.39 is 0 Å². The van der Waals surface area contributed by atoms with Crippen molar-refractivity contribution in [2.24, 2.45) is 23.5 Å². The first-order chi connectivity index (χ1) is 8.33. The average molecular weight is 236 g/mol. The zero-order chi connectivity index (χ0) is 11.7. The minimum atomic E-state index is 0.514. The molecule has 2 N–H and O–H groups in total. The van der Waals surface area contributed by atoms with E-state index in [9.17, 15) is 0 Å². The first kappa shape index (κ1) is 12.0. The van der Waals surface area contributed by atoms with Crippen LogP contribution in [0.25, 0.3) is 0 Å². The Kier molecular flexibility index (Phi) is 3.72. The highest BCUT2D eigenvalue weighted by Gasteiger charge is 2.40. The molecule has 0 radical (unpaired) electrons. The summed E-state index contributed by atoms with van der Waals surface area (Å²) in [5.41, 5.74) is 6.19. The Hall–Kier alpha value is -0.0800. The maximum atomic E-state index is 6.19. The molecule has 3 atom stereocenters. The van der Waals surface area contributed by atoms with Crippen molar-refractivity contribution in [2.75, 3.05) is 19.6 Å². The van der Waals surface area contributed by atoms with Crippen LogP contribution in [0.2, 0.25) is 0 Å². The Morgan fingerprint density at radius 1 is 0.941 bits per heavy atom. The third kappa shape index (κ3) is 2.68. The molecule has 98 valence electrons. The van der Waals surface area contributed by atoms with E-state index in [1.165, 1.54) is 71.0 Å². The van der Waals surface area contributed by atoms with Crippen molar-refractivity contribution in [3.05, 3.63) is 0 Å². The summed E-state index contributed by atoms with van der Waals surface area (Å²) in [7, 11) is 0. The second-order valence-corrected chi connectivity index (χ2v) is 6.72. The highest BCUT2D eigenvalue weighted by Crippen LogP contribution is 2.37. The monoisotopic (exact) mass is 236 g/mol. The molecule has 2 heteroatoms. The molecule has 0 aromatic rings. The predicted octanol–water partition coefficient (Wildman–Crippen LogP) is 2.63. The zero-order valence-electron chi connectivity index (χ0n) is 11.1. The molecule has 2 aliphatic carbocycles. The van der Waals surface area contributed by atoms with Crippen LogP contribution in [0.15, 0.2) is 0 Å². The van der Waals surface area contributed by atoms with E-state index in [2.05, 4.69) is 4.90 Å². The zero-order valence-corrected chi connectivity index (χ0v) is 11.1. The van der Waals surface area contributed by atoms with Crippen LogP contribution in [-0.2, 0) is 0 Å². The SMILES string of the molecule is NC1CCC2CN(CCC3CCCCC3)CC12. The molecule has 1 heterocycles. The van der Waals surface area contributed by atoms with Crippen LogP contribution in [0, 0.1) is 17.8 Å². The molecule has 0 aromatic heterocycles. The number of hydrogen-bond acceptors (Lipinski definition) is 2. The van der Waals surface area contributed by atoms with Crippen LogP contribution in [0.4, 0.5) is 0 Å². The van der Waals surface area contributed by atoms with E-state index in [4.69, 9.17) is 5.73 Å². The topological polar surface area (TPSA) is 29.3 Å². The summed E-state index contributed by atoms with van der Waals surface area (Å²) in [6.45, 7) is 4.01. The number of likely N-dealkylation sites (tertiary alicyclic amines) is 1. The minimum absolute atomic E-state index is 0.514. The molecule has 3 aliphatic rings. The molecular formula is C15H28N2. The Morgan fingerprint density at radius 2 is 1.76 bits per heavy atom. The molecule has 3 rings (SSSR count). The third-order valence-corrected chi connectivity index (χ3v) is 5.57. The lowest BCUT2D eigenvalue weighted by molar-refractivity contribution is 0.251. The van der Waals surface area contributed by atoms with Gasteiger partial charge in [-0.05, 0) is 43.6 Å². The van der Waals surface area contributed by atoms with Gasteiger partial charge in [-0.25, -0.2) is 0 Å². The average Bonchev–Trinajstić information content (AvgIpc) is 2.91. The highest BCUT2D eigenvalue weighted by atomic mass is 15.2. The van der Waals surface area contributed by atoms with Gasteiger partial charge in [-0.1, -0.05) is 32.1 Å². The van der Waals surface area contributed by atoms with Crippen molar-refractivity contribution in [2.45, 2.75) is 57.4 Å². The van der Waals surface area contributed by atoms with Gasteiger partial charge in [0.2, 0.25) is 0 Å². The van der Waals surface area contributed by atoms with Crippen molar-refractivity contribution >= 4 is 0 Å². The fourth-order valence-electron chi connectivity index (χ4n) is 4.42. The summed E-state index contributed by atoms with van der Waals surface area (Å²) in [6, 6.07) is 0.514. The quantitative estimate of drug-likeness (QED) is 0.816. The highest BCUT2D eigenvalue weighted by molar-refractivity contribution is 4.95. The summed E-state index contributed by atoms with van der Waals surface area (Å²) in [4.78, 5) is 2.71. The molecule has 0 spiro atoms. The van der Waals surface area contributed by atoms with Crippen LogP contribution < -0.4 is 5.73 Å². The van der Waals surface area contributed by atoms with Crippen LogP contribution in [-0.4, -0.2) is 30.6 Å². The minimum Gasteiger partial charge on any atom is -0.327 e. The van der Waals surface area contributed by atoms with E-state index in [0.717, 1.165) is 17.8 Å². The molecule has 3 unspecified atom stereocenters. The Balaban J connectivity index is 1.41. The van der Waals surface area contributed by atoms with E-state index in [1.807, 2.05) is 0 Å². The van der Waals surface area contributed by atoms with Gasteiger partial charge in [0.1, 0.15) is 0 Å². The molecular weight excluding hydrogens is 208 g/mol. The van der Waals surface area contributed by atoms with Crippen molar-refractivity contribution in [1.82, 2.24) is 4.90 Å². The lowest BCUT2D eigenvalue weighted by Crippen LogP contribution is -2.31. The number of nitrogens with two attached hydrogens (primary N) is 1. The second-order valence-electron chi connectivity index (χ2n) is 6.72. The van der Waals surface area contributed by atoms with Crippen LogP contribution in [0.3, 0.4) is 0 Å². The molecule has 1 saturated heterocycles. The number of nitrogens with zero attached hydrogens (tertiary/aromatic N) is 1. The third-order valence-electron chi connectivity index (χ3n) is 5.57. The van der Waals surface area contributed by atoms with Crippen molar-refractivity contribution in [3.8, 4) is 0 Å². The smallest absolute Gasteiger partial charge is 0.00826 e. The molecule has 17 heavy (non-hydrogen) atoms. The van der Waals surface area contributed by atoms with Gasteiger partial charge < -0.3 is 10.6 Å². The standard InChI is InChI=1S/C15H28N2/c16-15-7-6-13-10-17(11-14(13)15)9-8-12-4-2-1-3-5-12/h12-15H,1-11,16H2. The van der Waals surface area contributed by atoms with E-state index in [0.29, 0.717) is 6.04 Å². The van der Waals surface area contributed by atoms with Gasteiger partial charge in [0.15, 0.2) is 0 Å². The van der Waals surface area contributed by atoms with E-state index in [-0.39, 0.29) is 0 Å². The number of rotatable bonds is 3. The van der Waals surface area contributed by atoms with Gasteiger partial charge >= 0.3 is 0 Å². The second kappa shape index (κ2) is 5.27. The Bertz CT molecular complexity index is 247. The van der Waals surface area contributed by atoms with Gasteiger partial charge in [-0.15, -0.1) is 0 Å². The van der Waals surface area contributed by atoms with Crippen molar-refractivity contribution in [3.63, 3.8) is 0 Å². The molecule has 3 fully saturated rings.